The lowest BCUT2D eigenvalue weighted by Crippen LogP contribution is -2.33. The van der Waals surface area contributed by atoms with Gasteiger partial charge in [0, 0.05) is 43.9 Å². The zero-order valence-electron chi connectivity index (χ0n) is 13.1. The maximum atomic E-state index is 12.8. The Morgan fingerprint density at radius 3 is 2.95 bits per heavy atom. The minimum Gasteiger partial charge on any atom is -0.333 e. The summed E-state index contributed by atoms with van der Waals surface area (Å²) in [6.07, 6.45) is 0.902. The number of hydrogen-bond donors (Lipinski definition) is 2. The first-order chi connectivity index (χ1) is 10.7. The largest absolute Gasteiger partial charge is 0.333 e. The zero-order chi connectivity index (χ0) is 15.5. The molecule has 0 radical (unpaired) electrons. The van der Waals surface area contributed by atoms with Gasteiger partial charge in [0.1, 0.15) is 0 Å². The van der Waals surface area contributed by atoms with Crippen molar-refractivity contribution in [2.75, 3.05) is 13.1 Å². The molecule has 0 unspecified atom stereocenters. The van der Waals surface area contributed by atoms with Crippen LogP contribution in [0.5, 0.6) is 0 Å². The van der Waals surface area contributed by atoms with Crippen LogP contribution in [0.2, 0.25) is 0 Å². The quantitative estimate of drug-likeness (QED) is 0.908. The summed E-state index contributed by atoms with van der Waals surface area (Å²) in [6, 6.07) is 8.19. The second-order valence-corrected chi connectivity index (χ2v) is 5.70. The molecule has 22 heavy (non-hydrogen) atoms. The fourth-order valence-corrected chi connectivity index (χ4v) is 2.87. The van der Waals surface area contributed by atoms with Crippen molar-refractivity contribution in [2.45, 2.75) is 33.4 Å². The van der Waals surface area contributed by atoms with Crippen LogP contribution in [0, 0.1) is 6.92 Å². The lowest BCUT2D eigenvalue weighted by Gasteiger charge is -2.22. The molecule has 5 nitrogen and oxygen atoms in total. The Bertz CT molecular complexity index is 677. The summed E-state index contributed by atoms with van der Waals surface area (Å²) in [5.41, 5.74) is 5.07. The van der Waals surface area contributed by atoms with Gasteiger partial charge in [-0.05, 0) is 25.0 Å². The van der Waals surface area contributed by atoms with Crippen molar-refractivity contribution in [1.29, 1.82) is 0 Å². The third-order valence-corrected chi connectivity index (χ3v) is 4.30. The second kappa shape index (κ2) is 6.32. The van der Waals surface area contributed by atoms with Crippen LogP contribution in [0.4, 0.5) is 0 Å². The Hall–Kier alpha value is -2.14. The molecule has 0 saturated heterocycles. The first-order valence-electron chi connectivity index (χ1n) is 7.81. The smallest absolute Gasteiger partial charge is 0.274 e. The fourth-order valence-electron chi connectivity index (χ4n) is 2.87. The number of H-pyrrole nitrogens is 1. The highest BCUT2D eigenvalue weighted by Gasteiger charge is 2.25. The monoisotopic (exact) mass is 298 g/mol. The average molecular weight is 298 g/mol. The van der Waals surface area contributed by atoms with Gasteiger partial charge in [-0.25, -0.2) is 0 Å². The Balaban J connectivity index is 1.83. The molecule has 0 spiro atoms. The molecule has 1 aliphatic rings. The summed E-state index contributed by atoms with van der Waals surface area (Å²) in [5.74, 6) is 0.00644. The van der Waals surface area contributed by atoms with Crippen molar-refractivity contribution < 1.29 is 4.79 Å². The lowest BCUT2D eigenvalue weighted by atomic mass is 10.1. The van der Waals surface area contributed by atoms with Gasteiger partial charge in [-0.15, -0.1) is 0 Å². The number of hydrogen-bond acceptors (Lipinski definition) is 3. The van der Waals surface area contributed by atoms with Crippen LogP contribution < -0.4 is 5.32 Å². The lowest BCUT2D eigenvalue weighted by molar-refractivity contribution is 0.0745. The number of nitrogens with zero attached hydrogens (tertiary/aromatic N) is 2. The summed E-state index contributed by atoms with van der Waals surface area (Å²) < 4.78 is 0. The predicted octanol–water partition coefficient (Wildman–Crippen LogP) is 2.03. The van der Waals surface area contributed by atoms with Crippen molar-refractivity contribution in [3.8, 4) is 0 Å². The SMILES string of the molecule is CCN(Cc1ccccc1C)C(=O)c1n[nH]c2c1CNCC2. The number of nitrogens with one attached hydrogen (secondary N) is 2. The standard InChI is InChI=1S/C17H22N4O/c1-3-21(11-13-7-5-4-6-12(13)2)17(22)16-14-10-18-9-8-15(14)19-20-16/h4-7,18H,3,8-11H2,1-2H3,(H,19,20). The molecule has 5 heteroatoms. The normalized spacial score (nSPS) is 13.7. The van der Waals surface area contributed by atoms with Crippen LogP contribution >= 0.6 is 0 Å². The van der Waals surface area contributed by atoms with Crippen LogP contribution in [-0.2, 0) is 19.5 Å². The van der Waals surface area contributed by atoms with E-state index < -0.39 is 0 Å². The maximum Gasteiger partial charge on any atom is 0.274 e. The number of aromatic amines is 1. The van der Waals surface area contributed by atoms with Crippen LogP contribution in [0.15, 0.2) is 24.3 Å². The summed E-state index contributed by atoms with van der Waals surface area (Å²) in [7, 11) is 0. The third-order valence-electron chi connectivity index (χ3n) is 4.30. The third kappa shape index (κ3) is 2.76. The molecular formula is C17H22N4O. The van der Waals surface area contributed by atoms with Gasteiger partial charge in [-0.2, -0.15) is 5.10 Å². The van der Waals surface area contributed by atoms with E-state index in [4.69, 9.17) is 0 Å². The van der Waals surface area contributed by atoms with Gasteiger partial charge in [-0.1, -0.05) is 24.3 Å². The van der Waals surface area contributed by atoms with Gasteiger partial charge < -0.3 is 10.2 Å². The number of benzene rings is 1. The Kier molecular flexibility index (Phi) is 4.24. The van der Waals surface area contributed by atoms with Gasteiger partial charge in [0.15, 0.2) is 5.69 Å². The first-order valence-corrected chi connectivity index (χ1v) is 7.81. The minimum absolute atomic E-state index is 0.00644. The van der Waals surface area contributed by atoms with Crippen LogP contribution in [0.1, 0.15) is 39.8 Å². The molecule has 2 heterocycles. The topological polar surface area (TPSA) is 61.0 Å². The van der Waals surface area contributed by atoms with Gasteiger partial charge in [0.25, 0.3) is 5.91 Å². The Labute approximate surface area is 130 Å². The highest BCUT2D eigenvalue weighted by Crippen LogP contribution is 2.19. The molecule has 0 fully saturated rings. The number of rotatable bonds is 4. The van der Waals surface area contributed by atoms with Gasteiger partial charge in [0.05, 0.1) is 0 Å². The highest BCUT2D eigenvalue weighted by molar-refractivity contribution is 5.94. The van der Waals surface area contributed by atoms with E-state index in [1.54, 1.807) is 0 Å². The number of aromatic nitrogens is 2. The Morgan fingerprint density at radius 2 is 2.18 bits per heavy atom. The molecule has 1 aromatic carbocycles. The van der Waals surface area contributed by atoms with Crippen LogP contribution in [-0.4, -0.2) is 34.1 Å². The van der Waals surface area contributed by atoms with E-state index in [0.717, 1.165) is 30.8 Å². The minimum atomic E-state index is 0.00644. The molecule has 1 aromatic heterocycles. The van der Waals surface area contributed by atoms with Gasteiger partial charge in [-0.3, -0.25) is 9.89 Å². The highest BCUT2D eigenvalue weighted by atomic mass is 16.2. The van der Waals surface area contributed by atoms with E-state index in [9.17, 15) is 4.79 Å². The number of aryl methyl sites for hydroxylation is 1. The van der Waals surface area contributed by atoms with Crippen molar-refractivity contribution in [1.82, 2.24) is 20.4 Å². The number of amides is 1. The molecule has 0 atom stereocenters. The summed E-state index contributed by atoms with van der Waals surface area (Å²) in [5, 5.41) is 10.6. The van der Waals surface area contributed by atoms with Gasteiger partial charge in [0.2, 0.25) is 0 Å². The van der Waals surface area contributed by atoms with E-state index in [0.29, 0.717) is 18.8 Å². The molecular weight excluding hydrogens is 276 g/mol. The molecule has 0 saturated carbocycles. The van der Waals surface area contributed by atoms with E-state index in [2.05, 4.69) is 34.6 Å². The van der Waals surface area contributed by atoms with Crippen molar-refractivity contribution in [2.24, 2.45) is 0 Å². The van der Waals surface area contributed by atoms with Crippen molar-refractivity contribution in [3.63, 3.8) is 0 Å². The molecule has 2 aromatic rings. The Morgan fingerprint density at radius 1 is 1.36 bits per heavy atom. The predicted molar refractivity (Wildman–Crippen MR) is 85.6 cm³/mol. The van der Waals surface area contributed by atoms with E-state index in [-0.39, 0.29) is 5.91 Å². The average Bonchev–Trinajstić information content (AvgIpc) is 2.97. The van der Waals surface area contributed by atoms with Crippen LogP contribution in [0.25, 0.3) is 0 Å². The zero-order valence-corrected chi connectivity index (χ0v) is 13.1. The number of carbonyl (C=O) groups excluding carboxylic acids is 1. The van der Waals surface area contributed by atoms with E-state index in [1.165, 1.54) is 11.1 Å². The first kappa shape index (κ1) is 14.8. The molecule has 0 bridgehead atoms. The van der Waals surface area contributed by atoms with Crippen molar-refractivity contribution in [3.05, 3.63) is 52.3 Å². The fraction of sp³-hybridized carbons (Fsp3) is 0.412. The molecule has 1 aliphatic heterocycles. The van der Waals surface area contributed by atoms with E-state index in [1.807, 2.05) is 24.0 Å². The second-order valence-electron chi connectivity index (χ2n) is 5.70. The molecule has 1 amide bonds. The summed E-state index contributed by atoms with van der Waals surface area (Å²) in [4.78, 5) is 14.7. The number of fused-ring (bicyclic) bond motifs is 1. The van der Waals surface area contributed by atoms with Crippen LogP contribution in [0.3, 0.4) is 0 Å². The molecule has 2 N–H and O–H groups in total. The molecule has 116 valence electrons. The summed E-state index contributed by atoms with van der Waals surface area (Å²) in [6.45, 7) is 7.03. The summed E-state index contributed by atoms with van der Waals surface area (Å²) >= 11 is 0. The van der Waals surface area contributed by atoms with E-state index >= 15 is 0 Å². The molecule has 0 aliphatic carbocycles. The van der Waals surface area contributed by atoms with Crippen molar-refractivity contribution >= 4 is 5.91 Å². The number of carbonyl (C=O) groups is 1. The molecule has 3 rings (SSSR count). The van der Waals surface area contributed by atoms with Gasteiger partial charge >= 0.3 is 0 Å². The maximum absolute atomic E-state index is 12.8.